The number of hydrogen-bond acceptors (Lipinski definition) is 1. The molecule has 0 fully saturated rings. The van der Waals surface area contributed by atoms with Gasteiger partial charge in [0.15, 0.2) is 0 Å². The molecule has 0 spiro atoms. The van der Waals surface area contributed by atoms with Gasteiger partial charge in [-0.15, -0.1) is 0 Å². The molecule has 0 saturated heterocycles. The number of rotatable bonds is 0. The number of nitrogens with zero attached hydrogens (tertiary/aromatic N) is 2. The lowest BCUT2D eigenvalue weighted by Gasteiger charge is -2.00. The van der Waals surface area contributed by atoms with Gasteiger partial charge in [-0.2, -0.15) is 0 Å². The summed E-state index contributed by atoms with van der Waals surface area (Å²) >= 11 is 2.35. The number of aryl methyl sites for hydroxylation is 1. The molecule has 2 aromatic heterocycles. The fourth-order valence-corrected chi connectivity index (χ4v) is 2.86. The summed E-state index contributed by atoms with van der Waals surface area (Å²) in [7, 11) is 0. The van der Waals surface area contributed by atoms with Gasteiger partial charge in [-0.25, -0.2) is 4.98 Å². The fourth-order valence-electron chi connectivity index (χ4n) is 1.86. The van der Waals surface area contributed by atoms with Crippen LogP contribution in [-0.4, -0.2) is 9.38 Å². The molecular formula is C12H9IN2. The van der Waals surface area contributed by atoms with Crippen LogP contribution in [0, 0.1) is 10.6 Å². The van der Waals surface area contributed by atoms with Crippen LogP contribution >= 0.6 is 22.6 Å². The molecule has 3 aromatic rings. The molecule has 15 heavy (non-hydrogen) atoms. The Balaban J connectivity index is 2.61. The van der Waals surface area contributed by atoms with Crippen molar-refractivity contribution in [1.82, 2.24) is 9.38 Å². The average molecular weight is 308 g/mol. The first-order chi connectivity index (χ1) is 7.25. The Morgan fingerprint density at radius 3 is 2.87 bits per heavy atom. The van der Waals surface area contributed by atoms with Gasteiger partial charge in [0.2, 0.25) is 0 Å². The van der Waals surface area contributed by atoms with Gasteiger partial charge in [-0.1, -0.05) is 12.1 Å². The van der Waals surface area contributed by atoms with E-state index in [9.17, 15) is 0 Å². The predicted molar refractivity (Wildman–Crippen MR) is 70.2 cm³/mol. The molecule has 3 heteroatoms. The smallest absolute Gasteiger partial charge is 0.139 e. The monoisotopic (exact) mass is 308 g/mol. The zero-order valence-electron chi connectivity index (χ0n) is 8.24. The Kier molecular flexibility index (Phi) is 1.95. The summed E-state index contributed by atoms with van der Waals surface area (Å²) in [6, 6.07) is 12.5. The van der Waals surface area contributed by atoms with Crippen LogP contribution in [0.25, 0.3) is 16.7 Å². The second kappa shape index (κ2) is 3.20. The number of halogens is 1. The van der Waals surface area contributed by atoms with E-state index in [1.165, 1.54) is 14.8 Å². The van der Waals surface area contributed by atoms with E-state index in [0.29, 0.717) is 0 Å². The van der Waals surface area contributed by atoms with Gasteiger partial charge in [0.1, 0.15) is 5.65 Å². The lowest BCUT2D eigenvalue weighted by atomic mass is 10.3. The zero-order valence-corrected chi connectivity index (χ0v) is 10.4. The quantitative estimate of drug-likeness (QED) is 0.459. The minimum atomic E-state index is 1.03. The van der Waals surface area contributed by atoms with Gasteiger partial charge < -0.3 is 0 Å². The molecule has 3 rings (SSSR count). The molecule has 1 aromatic carbocycles. The van der Waals surface area contributed by atoms with Gasteiger partial charge in [-0.3, -0.25) is 4.40 Å². The maximum Gasteiger partial charge on any atom is 0.139 e. The van der Waals surface area contributed by atoms with E-state index in [2.05, 4.69) is 57.1 Å². The molecular weight excluding hydrogens is 299 g/mol. The summed E-state index contributed by atoms with van der Waals surface area (Å²) in [4.78, 5) is 4.60. The van der Waals surface area contributed by atoms with Crippen molar-refractivity contribution in [3.63, 3.8) is 0 Å². The molecule has 74 valence electrons. The number of imidazole rings is 1. The summed E-state index contributed by atoms with van der Waals surface area (Å²) in [5.41, 5.74) is 4.51. The van der Waals surface area contributed by atoms with Crippen molar-refractivity contribution in [3.8, 4) is 0 Å². The van der Waals surface area contributed by atoms with Gasteiger partial charge in [0, 0.05) is 0 Å². The summed E-state index contributed by atoms with van der Waals surface area (Å²) in [5, 5.41) is 0. The van der Waals surface area contributed by atoms with Crippen molar-refractivity contribution in [2.75, 3.05) is 0 Å². The third kappa shape index (κ3) is 1.33. The van der Waals surface area contributed by atoms with Crippen molar-refractivity contribution in [3.05, 3.63) is 45.7 Å². The van der Waals surface area contributed by atoms with Gasteiger partial charge in [0.25, 0.3) is 0 Å². The number of para-hydroxylation sites is 2. The van der Waals surface area contributed by atoms with Gasteiger partial charge in [-0.05, 0) is 59.3 Å². The van der Waals surface area contributed by atoms with Crippen molar-refractivity contribution >= 4 is 39.3 Å². The first-order valence-electron chi connectivity index (χ1n) is 4.79. The summed E-state index contributed by atoms with van der Waals surface area (Å²) in [6.07, 6.45) is 0. The molecule has 0 radical (unpaired) electrons. The molecule has 0 amide bonds. The van der Waals surface area contributed by atoms with Crippen LogP contribution in [0.5, 0.6) is 0 Å². The highest BCUT2D eigenvalue weighted by Crippen LogP contribution is 2.20. The Bertz CT molecular complexity index is 655. The van der Waals surface area contributed by atoms with E-state index in [1.807, 2.05) is 18.2 Å². The van der Waals surface area contributed by atoms with Gasteiger partial charge in [0.05, 0.1) is 14.7 Å². The predicted octanol–water partition coefficient (Wildman–Crippen LogP) is 3.40. The van der Waals surface area contributed by atoms with E-state index in [-0.39, 0.29) is 0 Å². The van der Waals surface area contributed by atoms with Crippen LogP contribution in [0.4, 0.5) is 0 Å². The van der Waals surface area contributed by atoms with Crippen molar-refractivity contribution in [2.45, 2.75) is 6.92 Å². The number of hydrogen-bond donors (Lipinski definition) is 0. The Labute approximate surface area is 101 Å². The minimum Gasteiger partial charge on any atom is -0.287 e. The Morgan fingerprint density at radius 2 is 2.00 bits per heavy atom. The summed E-state index contributed by atoms with van der Waals surface area (Å²) in [5.74, 6) is 0. The molecule has 0 aliphatic heterocycles. The molecule has 0 saturated carbocycles. The molecule has 0 aliphatic rings. The largest absolute Gasteiger partial charge is 0.287 e. The highest BCUT2D eigenvalue weighted by molar-refractivity contribution is 14.1. The van der Waals surface area contributed by atoms with E-state index < -0.39 is 0 Å². The van der Waals surface area contributed by atoms with E-state index in [1.54, 1.807) is 0 Å². The molecule has 0 bridgehead atoms. The second-order valence-electron chi connectivity index (χ2n) is 3.65. The van der Waals surface area contributed by atoms with E-state index in [0.717, 1.165) is 11.2 Å². The third-order valence-corrected chi connectivity index (χ3v) is 3.30. The minimum absolute atomic E-state index is 1.03. The lowest BCUT2D eigenvalue weighted by Crippen LogP contribution is -1.91. The fraction of sp³-hybridized carbons (Fsp3) is 0.0833. The molecule has 2 nitrogen and oxygen atoms in total. The first-order valence-corrected chi connectivity index (χ1v) is 5.87. The van der Waals surface area contributed by atoms with Crippen LogP contribution in [0.2, 0.25) is 0 Å². The molecule has 0 atom stereocenters. The van der Waals surface area contributed by atoms with Crippen LogP contribution in [-0.2, 0) is 0 Å². The highest BCUT2D eigenvalue weighted by Gasteiger charge is 2.06. The lowest BCUT2D eigenvalue weighted by molar-refractivity contribution is 1.16. The van der Waals surface area contributed by atoms with Crippen LogP contribution in [0.15, 0.2) is 36.4 Å². The normalized spacial score (nSPS) is 11.3. The highest BCUT2D eigenvalue weighted by atomic mass is 127. The van der Waals surface area contributed by atoms with E-state index >= 15 is 0 Å². The Morgan fingerprint density at radius 1 is 1.20 bits per heavy atom. The van der Waals surface area contributed by atoms with Crippen molar-refractivity contribution < 1.29 is 0 Å². The number of pyridine rings is 1. The maximum atomic E-state index is 4.60. The summed E-state index contributed by atoms with van der Waals surface area (Å²) in [6.45, 7) is 2.10. The number of aromatic nitrogens is 2. The van der Waals surface area contributed by atoms with Crippen LogP contribution in [0.1, 0.15) is 5.56 Å². The SMILES string of the molecule is Cc1cc(I)n2c(c1)nc1ccccc12. The number of benzene rings is 1. The first kappa shape index (κ1) is 9.15. The standard InChI is InChI=1S/C12H9IN2/c1-8-6-11(13)15-10-5-3-2-4-9(10)14-12(15)7-8/h2-7H,1H3. The van der Waals surface area contributed by atoms with Crippen molar-refractivity contribution in [2.24, 2.45) is 0 Å². The summed E-state index contributed by atoms with van der Waals surface area (Å²) < 4.78 is 3.39. The molecule has 2 heterocycles. The van der Waals surface area contributed by atoms with Crippen LogP contribution < -0.4 is 0 Å². The van der Waals surface area contributed by atoms with Gasteiger partial charge >= 0.3 is 0 Å². The molecule has 0 unspecified atom stereocenters. The third-order valence-electron chi connectivity index (χ3n) is 2.50. The number of fused-ring (bicyclic) bond motifs is 3. The maximum absolute atomic E-state index is 4.60. The van der Waals surface area contributed by atoms with E-state index in [4.69, 9.17) is 0 Å². The average Bonchev–Trinajstić information content (AvgIpc) is 2.54. The Hall–Kier alpha value is -1.10. The zero-order chi connectivity index (χ0) is 10.4. The molecule has 0 N–H and O–H groups in total. The molecule has 0 aliphatic carbocycles. The second-order valence-corrected chi connectivity index (χ2v) is 4.75. The van der Waals surface area contributed by atoms with Crippen molar-refractivity contribution in [1.29, 1.82) is 0 Å². The topological polar surface area (TPSA) is 17.3 Å². The van der Waals surface area contributed by atoms with Crippen LogP contribution in [0.3, 0.4) is 0 Å².